The third kappa shape index (κ3) is 3.48. The Kier molecular flexibility index (Phi) is 4.82. The molecule has 1 fully saturated rings. The lowest BCUT2D eigenvalue weighted by molar-refractivity contribution is 0.101. The molecule has 1 aromatic carbocycles. The first-order valence-corrected chi connectivity index (χ1v) is 10.5. The predicted molar refractivity (Wildman–Crippen MR) is 96.6 cm³/mol. The van der Waals surface area contributed by atoms with Crippen LogP contribution in [0.1, 0.15) is 29.8 Å². The van der Waals surface area contributed by atoms with Crippen molar-refractivity contribution < 1.29 is 31.1 Å². The summed E-state index contributed by atoms with van der Waals surface area (Å²) < 4.78 is 75.2. The van der Waals surface area contributed by atoms with Gasteiger partial charge < -0.3 is 14.6 Å². The number of hydrogen-bond acceptors (Lipinski definition) is 4. The predicted octanol–water partition coefficient (Wildman–Crippen LogP) is 2.53. The molecule has 0 radical (unpaired) electrons. The molecule has 2 atom stereocenters. The highest BCUT2D eigenvalue weighted by Gasteiger charge is 2.38. The van der Waals surface area contributed by atoms with Crippen molar-refractivity contribution in [3.05, 3.63) is 41.5 Å². The number of sulfonamides is 1. The van der Waals surface area contributed by atoms with E-state index in [1.807, 2.05) is 0 Å². The Morgan fingerprint density at radius 1 is 1.24 bits per heavy atom. The molecule has 0 unspecified atom stereocenters. The quantitative estimate of drug-likeness (QED) is 0.718. The van der Waals surface area contributed by atoms with Crippen LogP contribution in [0.15, 0.2) is 23.2 Å². The second-order valence-electron chi connectivity index (χ2n) is 7.22. The van der Waals surface area contributed by atoms with Crippen LogP contribution in [0.2, 0.25) is 0 Å². The summed E-state index contributed by atoms with van der Waals surface area (Å²) in [6.07, 6.45) is 3.62. The summed E-state index contributed by atoms with van der Waals surface area (Å²) in [4.78, 5) is 12.6. The molecule has 2 N–H and O–H groups in total. The van der Waals surface area contributed by atoms with E-state index >= 15 is 0 Å². The number of nitrogens with one attached hydrogen (secondary N) is 2. The van der Waals surface area contributed by atoms with Gasteiger partial charge in [0.15, 0.2) is 28.9 Å². The second-order valence-corrected chi connectivity index (χ2v) is 8.90. The minimum absolute atomic E-state index is 0.0191. The zero-order valence-electron chi connectivity index (χ0n) is 15.3. The number of hydrogen-bond donors (Lipinski definition) is 2. The van der Waals surface area contributed by atoms with Gasteiger partial charge in [0.25, 0.3) is 5.91 Å². The van der Waals surface area contributed by atoms with E-state index in [9.17, 15) is 26.4 Å². The van der Waals surface area contributed by atoms with E-state index in [-0.39, 0.29) is 40.6 Å². The minimum atomic E-state index is -3.93. The van der Waals surface area contributed by atoms with Crippen LogP contribution >= 0.6 is 0 Å². The molecule has 1 aliphatic carbocycles. The van der Waals surface area contributed by atoms with Gasteiger partial charge in [-0.05, 0) is 12.8 Å². The molecule has 1 saturated carbocycles. The third-order valence-electron chi connectivity index (χ3n) is 5.26. The fourth-order valence-corrected chi connectivity index (χ4v) is 5.37. The van der Waals surface area contributed by atoms with Gasteiger partial charge in [0.1, 0.15) is 4.90 Å². The van der Waals surface area contributed by atoms with Gasteiger partial charge in [-0.25, -0.2) is 26.3 Å². The van der Waals surface area contributed by atoms with Gasteiger partial charge in [0, 0.05) is 43.0 Å². The maximum absolute atomic E-state index is 13.4. The summed E-state index contributed by atoms with van der Waals surface area (Å²) in [5, 5.41) is 2.25. The Morgan fingerprint density at radius 2 is 1.93 bits per heavy atom. The number of aromatic nitrogens is 1. The SMILES string of the molecule is Cn1cc2c(c1C(=O)Nc1cc(F)c(F)c(F)c1)OC[C@@H]1CCC[C@@H]1NS2(=O)=O. The van der Waals surface area contributed by atoms with Crippen LogP contribution in [0.3, 0.4) is 0 Å². The molecule has 1 amide bonds. The second kappa shape index (κ2) is 7.06. The monoisotopic (exact) mass is 429 g/mol. The minimum Gasteiger partial charge on any atom is -0.489 e. The zero-order valence-corrected chi connectivity index (χ0v) is 16.2. The first-order valence-electron chi connectivity index (χ1n) is 8.97. The van der Waals surface area contributed by atoms with Crippen molar-refractivity contribution >= 4 is 21.6 Å². The molecule has 2 aromatic rings. The fourth-order valence-electron chi connectivity index (χ4n) is 3.83. The molecular weight excluding hydrogens is 411 g/mol. The Bertz CT molecular complexity index is 1080. The number of amides is 1. The largest absolute Gasteiger partial charge is 0.489 e. The summed E-state index contributed by atoms with van der Waals surface area (Å²) >= 11 is 0. The van der Waals surface area contributed by atoms with Crippen LogP contribution < -0.4 is 14.8 Å². The first kappa shape index (κ1) is 19.8. The number of ether oxygens (including phenoxy) is 1. The number of rotatable bonds is 2. The number of nitrogens with zero attached hydrogens (tertiary/aromatic N) is 1. The molecule has 1 aromatic heterocycles. The zero-order chi connectivity index (χ0) is 20.9. The molecule has 156 valence electrons. The molecule has 1 aliphatic heterocycles. The van der Waals surface area contributed by atoms with Gasteiger partial charge in [0.05, 0.1) is 6.61 Å². The van der Waals surface area contributed by atoms with Crippen molar-refractivity contribution in [1.29, 1.82) is 0 Å². The Balaban J connectivity index is 1.71. The normalized spacial score (nSPS) is 22.8. The molecule has 0 spiro atoms. The lowest BCUT2D eigenvalue weighted by atomic mass is 10.1. The number of anilines is 1. The maximum atomic E-state index is 13.4. The summed E-state index contributed by atoms with van der Waals surface area (Å²) in [6, 6.07) is 1.03. The van der Waals surface area contributed by atoms with E-state index in [4.69, 9.17) is 4.74 Å². The van der Waals surface area contributed by atoms with Crippen LogP contribution in [0, 0.1) is 23.4 Å². The summed E-state index contributed by atoms with van der Waals surface area (Å²) in [6.45, 7) is 0.226. The van der Waals surface area contributed by atoms with Crippen molar-refractivity contribution in [2.24, 2.45) is 13.0 Å². The Hall–Kier alpha value is -2.53. The Morgan fingerprint density at radius 3 is 2.62 bits per heavy atom. The van der Waals surface area contributed by atoms with Gasteiger partial charge in [-0.15, -0.1) is 0 Å². The van der Waals surface area contributed by atoms with E-state index in [1.165, 1.54) is 17.8 Å². The highest BCUT2D eigenvalue weighted by Crippen LogP contribution is 2.36. The number of carbonyl (C=O) groups excluding carboxylic acids is 1. The molecule has 0 saturated heterocycles. The third-order valence-corrected chi connectivity index (χ3v) is 6.74. The number of carbonyl (C=O) groups is 1. The number of fused-ring (bicyclic) bond motifs is 2. The van der Waals surface area contributed by atoms with E-state index in [2.05, 4.69) is 10.0 Å². The van der Waals surface area contributed by atoms with Gasteiger partial charge in [0.2, 0.25) is 10.0 Å². The fraction of sp³-hybridized carbons (Fsp3) is 0.389. The van der Waals surface area contributed by atoms with Crippen LogP contribution in [0.4, 0.5) is 18.9 Å². The van der Waals surface area contributed by atoms with E-state index in [1.54, 1.807) is 0 Å². The van der Waals surface area contributed by atoms with Crippen molar-refractivity contribution in [2.45, 2.75) is 30.2 Å². The average molecular weight is 429 g/mol. The summed E-state index contributed by atoms with van der Waals surface area (Å²) in [5.74, 6) is -5.58. The maximum Gasteiger partial charge on any atom is 0.276 e. The average Bonchev–Trinajstić information content (AvgIpc) is 3.20. The Labute approximate surface area is 164 Å². The lowest BCUT2D eigenvalue weighted by Crippen LogP contribution is -2.41. The first-order chi connectivity index (χ1) is 13.7. The van der Waals surface area contributed by atoms with Crippen molar-refractivity contribution in [1.82, 2.24) is 9.29 Å². The van der Waals surface area contributed by atoms with Crippen LogP contribution in [0.25, 0.3) is 0 Å². The molecule has 2 aliphatic rings. The number of aryl methyl sites for hydroxylation is 1. The van der Waals surface area contributed by atoms with Gasteiger partial charge in [-0.1, -0.05) is 6.42 Å². The van der Waals surface area contributed by atoms with Crippen LogP contribution in [-0.4, -0.2) is 31.5 Å². The molecule has 4 rings (SSSR count). The number of benzene rings is 1. The van der Waals surface area contributed by atoms with Crippen molar-refractivity contribution in [3.8, 4) is 5.75 Å². The van der Waals surface area contributed by atoms with E-state index in [0.29, 0.717) is 18.6 Å². The van der Waals surface area contributed by atoms with Crippen molar-refractivity contribution in [2.75, 3.05) is 11.9 Å². The number of halogens is 3. The molecule has 29 heavy (non-hydrogen) atoms. The summed E-state index contributed by atoms with van der Waals surface area (Å²) in [5.41, 5.74) is -0.448. The molecule has 2 heterocycles. The van der Waals surface area contributed by atoms with E-state index < -0.39 is 33.4 Å². The van der Waals surface area contributed by atoms with Gasteiger partial charge in [-0.3, -0.25) is 4.79 Å². The molecule has 7 nitrogen and oxygen atoms in total. The van der Waals surface area contributed by atoms with Crippen LogP contribution in [0.5, 0.6) is 5.75 Å². The molecule has 0 bridgehead atoms. The van der Waals surface area contributed by atoms with Gasteiger partial charge in [-0.2, -0.15) is 0 Å². The highest BCUT2D eigenvalue weighted by molar-refractivity contribution is 7.89. The summed E-state index contributed by atoms with van der Waals surface area (Å²) in [7, 11) is -2.48. The lowest BCUT2D eigenvalue weighted by Gasteiger charge is -2.24. The van der Waals surface area contributed by atoms with Gasteiger partial charge >= 0.3 is 0 Å². The smallest absolute Gasteiger partial charge is 0.276 e. The molecule has 11 heteroatoms. The van der Waals surface area contributed by atoms with E-state index in [0.717, 1.165) is 12.8 Å². The molecular formula is C18H18F3N3O4S. The van der Waals surface area contributed by atoms with Crippen molar-refractivity contribution in [3.63, 3.8) is 0 Å². The topological polar surface area (TPSA) is 89.4 Å². The van der Waals surface area contributed by atoms with Crippen LogP contribution in [-0.2, 0) is 17.1 Å². The standard InChI is InChI=1S/C18H18F3N3O4S/c1-24-7-14-17(28-8-9-3-2-4-13(9)23-29(14,26)27)16(24)18(25)22-10-5-11(19)15(21)12(20)6-10/h5-7,9,13,23H,2-4,8H2,1H3,(H,22,25)/t9-,13-/m0/s1. The highest BCUT2D eigenvalue weighted by atomic mass is 32.2.